The SMILES string of the molecule is CC(=O)N(c1ccc(NC(=O)Nc2cccc(CCC(=O)O)c2)cc1)C1CC1. The van der Waals surface area contributed by atoms with Crippen molar-refractivity contribution in [3.8, 4) is 0 Å². The first-order chi connectivity index (χ1) is 13.4. The number of carbonyl (C=O) groups is 3. The molecule has 0 unspecified atom stereocenters. The molecule has 3 rings (SSSR count). The quantitative estimate of drug-likeness (QED) is 0.678. The fourth-order valence-electron chi connectivity index (χ4n) is 3.04. The molecular weight excluding hydrogens is 358 g/mol. The Bertz CT molecular complexity index is 875. The van der Waals surface area contributed by atoms with E-state index in [9.17, 15) is 14.4 Å². The molecule has 0 radical (unpaired) electrons. The molecular formula is C21H23N3O4. The van der Waals surface area contributed by atoms with Crippen molar-refractivity contribution < 1.29 is 19.5 Å². The molecule has 7 nitrogen and oxygen atoms in total. The molecule has 28 heavy (non-hydrogen) atoms. The Kier molecular flexibility index (Phi) is 5.93. The molecule has 1 aliphatic carbocycles. The Morgan fingerprint density at radius 1 is 1.04 bits per heavy atom. The first kappa shape index (κ1) is 19.4. The van der Waals surface area contributed by atoms with Crippen molar-refractivity contribution in [1.29, 1.82) is 0 Å². The minimum absolute atomic E-state index is 0.0173. The number of nitrogens with zero attached hydrogens (tertiary/aromatic N) is 1. The van der Waals surface area contributed by atoms with Crippen LogP contribution in [0.2, 0.25) is 0 Å². The summed E-state index contributed by atoms with van der Waals surface area (Å²) in [5.41, 5.74) is 2.87. The summed E-state index contributed by atoms with van der Waals surface area (Å²) in [5, 5.41) is 14.3. The van der Waals surface area contributed by atoms with E-state index in [0.717, 1.165) is 24.1 Å². The number of carboxylic acid groups (broad SMARTS) is 1. The second-order valence-electron chi connectivity index (χ2n) is 6.84. The zero-order valence-corrected chi connectivity index (χ0v) is 15.6. The van der Waals surface area contributed by atoms with Gasteiger partial charge >= 0.3 is 12.0 Å². The van der Waals surface area contributed by atoms with Gasteiger partial charge in [0, 0.05) is 36.4 Å². The molecule has 0 spiro atoms. The lowest BCUT2D eigenvalue weighted by molar-refractivity contribution is -0.137. The van der Waals surface area contributed by atoms with Gasteiger partial charge in [-0.05, 0) is 61.2 Å². The molecule has 0 aliphatic heterocycles. The number of carboxylic acids is 1. The van der Waals surface area contributed by atoms with Crippen LogP contribution in [-0.4, -0.2) is 29.1 Å². The van der Waals surface area contributed by atoms with Crippen molar-refractivity contribution in [2.75, 3.05) is 15.5 Å². The molecule has 7 heteroatoms. The fraction of sp³-hybridized carbons (Fsp3) is 0.286. The van der Waals surface area contributed by atoms with Gasteiger partial charge in [-0.15, -0.1) is 0 Å². The van der Waals surface area contributed by atoms with E-state index in [-0.39, 0.29) is 18.4 Å². The van der Waals surface area contributed by atoms with E-state index in [4.69, 9.17) is 5.11 Å². The van der Waals surface area contributed by atoms with Crippen LogP contribution >= 0.6 is 0 Å². The van der Waals surface area contributed by atoms with Crippen LogP contribution in [0.1, 0.15) is 31.7 Å². The van der Waals surface area contributed by atoms with Crippen LogP contribution in [0.3, 0.4) is 0 Å². The van der Waals surface area contributed by atoms with E-state index >= 15 is 0 Å². The van der Waals surface area contributed by atoms with Crippen LogP contribution in [0.25, 0.3) is 0 Å². The predicted octanol–water partition coefficient (Wildman–Crippen LogP) is 3.86. The highest BCUT2D eigenvalue weighted by molar-refractivity contribution is 6.00. The third kappa shape index (κ3) is 5.33. The number of hydrogen-bond donors (Lipinski definition) is 3. The van der Waals surface area contributed by atoms with E-state index in [1.54, 1.807) is 42.2 Å². The van der Waals surface area contributed by atoms with Gasteiger partial charge in [0.25, 0.3) is 0 Å². The van der Waals surface area contributed by atoms with Crippen LogP contribution in [0, 0.1) is 0 Å². The number of amides is 3. The molecule has 1 saturated carbocycles. The van der Waals surface area contributed by atoms with Crippen molar-refractivity contribution in [3.05, 3.63) is 54.1 Å². The summed E-state index contributed by atoms with van der Waals surface area (Å²) in [6.45, 7) is 1.56. The molecule has 2 aromatic carbocycles. The number of benzene rings is 2. The van der Waals surface area contributed by atoms with Gasteiger partial charge < -0.3 is 20.6 Å². The number of urea groups is 1. The van der Waals surface area contributed by atoms with Crippen molar-refractivity contribution in [1.82, 2.24) is 0 Å². The van der Waals surface area contributed by atoms with E-state index in [1.807, 2.05) is 18.2 Å². The highest BCUT2D eigenvalue weighted by Gasteiger charge is 2.31. The van der Waals surface area contributed by atoms with Gasteiger partial charge in [-0.25, -0.2) is 4.79 Å². The second-order valence-corrected chi connectivity index (χ2v) is 6.84. The van der Waals surface area contributed by atoms with E-state index in [1.165, 1.54) is 0 Å². The molecule has 146 valence electrons. The third-order valence-corrected chi connectivity index (χ3v) is 4.47. The Morgan fingerprint density at radius 2 is 1.71 bits per heavy atom. The van der Waals surface area contributed by atoms with Gasteiger partial charge in [0.15, 0.2) is 0 Å². The molecule has 3 amide bonds. The van der Waals surface area contributed by atoms with Crippen LogP contribution in [0.15, 0.2) is 48.5 Å². The summed E-state index contributed by atoms with van der Waals surface area (Å²) >= 11 is 0. The summed E-state index contributed by atoms with van der Waals surface area (Å²) < 4.78 is 0. The van der Waals surface area contributed by atoms with Crippen LogP contribution in [0.5, 0.6) is 0 Å². The van der Waals surface area contributed by atoms with Crippen LogP contribution in [-0.2, 0) is 16.0 Å². The number of carbonyl (C=O) groups excluding carboxylic acids is 2. The molecule has 1 fully saturated rings. The Balaban J connectivity index is 1.58. The highest BCUT2D eigenvalue weighted by Crippen LogP contribution is 2.32. The topological polar surface area (TPSA) is 98.7 Å². The maximum Gasteiger partial charge on any atom is 0.323 e. The van der Waals surface area contributed by atoms with E-state index < -0.39 is 12.0 Å². The zero-order chi connectivity index (χ0) is 20.1. The maximum atomic E-state index is 12.2. The van der Waals surface area contributed by atoms with E-state index in [0.29, 0.717) is 17.8 Å². The summed E-state index contributed by atoms with van der Waals surface area (Å²) in [7, 11) is 0. The minimum atomic E-state index is -0.857. The average molecular weight is 381 g/mol. The first-order valence-electron chi connectivity index (χ1n) is 9.21. The summed E-state index contributed by atoms with van der Waals surface area (Å²) in [5.74, 6) is -0.840. The number of rotatable bonds is 7. The molecule has 1 aliphatic rings. The van der Waals surface area contributed by atoms with Gasteiger partial charge in [-0.2, -0.15) is 0 Å². The number of aliphatic carboxylic acids is 1. The summed E-state index contributed by atoms with van der Waals surface area (Å²) in [6.07, 6.45) is 2.49. The fourth-order valence-corrected chi connectivity index (χ4v) is 3.04. The normalized spacial score (nSPS) is 12.9. The molecule has 0 aromatic heterocycles. The molecule has 0 bridgehead atoms. The number of hydrogen-bond acceptors (Lipinski definition) is 3. The molecule has 3 N–H and O–H groups in total. The van der Waals surface area contributed by atoms with Crippen LogP contribution < -0.4 is 15.5 Å². The van der Waals surface area contributed by atoms with Crippen LogP contribution in [0.4, 0.5) is 21.9 Å². The number of anilines is 3. The summed E-state index contributed by atoms with van der Waals surface area (Å²) in [4.78, 5) is 36.5. The third-order valence-electron chi connectivity index (χ3n) is 4.47. The van der Waals surface area contributed by atoms with Crippen molar-refractivity contribution in [2.24, 2.45) is 0 Å². The van der Waals surface area contributed by atoms with Gasteiger partial charge in [0.1, 0.15) is 0 Å². The van der Waals surface area contributed by atoms with Gasteiger partial charge in [0.05, 0.1) is 0 Å². The number of nitrogens with one attached hydrogen (secondary N) is 2. The largest absolute Gasteiger partial charge is 0.481 e. The minimum Gasteiger partial charge on any atom is -0.481 e. The first-order valence-corrected chi connectivity index (χ1v) is 9.21. The van der Waals surface area contributed by atoms with Gasteiger partial charge in [-0.1, -0.05) is 12.1 Å². The summed E-state index contributed by atoms with van der Waals surface area (Å²) in [6, 6.07) is 14.2. The van der Waals surface area contributed by atoms with Crippen molar-refractivity contribution in [2.45, 2.75) is 38.6 Å². The molecule has 0 heterocycles. The lowest BCUT2D eigenvalue weighted by Crippen LogP contribution is -2.30. The number of aryl methyl sites for hydroxylation is 1. The van der Waals surface area contributed by atoms with Gasteiger partial charge in [-0.3, -0.25) is 9.59 Å². The Hall–Kier alpha value is -3.35. The highest BCUT2D eigenvalue weighted by atomic mass is 16.4. The van der Waals surface area contributed by atoms with E-state index in [2.05, 4.69) is 10.6 Å². The molecule has 0 saturated heterocycles. The Morgan fingerprint density at radius 3 is 2.32 bits per heavy atom. The standard InChI is InChI=1S/C21H23N3O4/c1-14(25)24(19-10-11-19)18-8-6-16(7-9-18)22-21(28)23-17-4-2-3-15(13-17)5-12-20(26)27/h2-4,6-9,13,19H,5,10-12H2,1H3,(H,26,27)(H2,22,23,28). The lowest BCUT2D eigenvalue weighted by atomic mass is 10.1. The second kappa shape index (κ2) is 8.56. The maximum absolute atomic E-state index is 12.2. The molecule has 0 atom stereocenters. The van der Waals surface area contributed by atoms with Gasteiger partial charge in [0.2, 0.25) is 5.91 Å². The average Bonchev–Trinajstić information content (AvgIpc) is 3.46. The Labute approximate surface area is 163 Å². The molecule has 2 aromatic rings. The predicted molar refractivity (Wildman–Crippen MR) is 108 cm³/mol. The zero-order valence-electron chi connectivity index (χ0n) is 15.6. The lowest BCUT2D eigenvalue weighted by Gasteiger charge is -2.21. The van der Waals surface area contributed by atoms with Crippen molar-refractivity contribution >= 4 is 35.0 Å². The smallest absolute Gasteiger partial charge is 0.323 e. The monoisotopic (exact) mass is 381 g/mol. The van der Waals surface area contributed by atoms with Crippen molar-refractivity contribution in [3.63, 3.8) is 0 Å².